The number of halogens is 1. The van der Waals surface area contributed by atoms with Crippen LogP contribution in [0.15, 0.2) is 43.0 Å². The van der Waals surface area contributed by atoms with Crippen molar-refractivity contribution in [3.8, 4) is 0 Å². The molecular weight excluding hydrogens is 180 g/mol. The van der Waals surface area contributed by atoms with E-state index in [9.17, 15) is 0 Å². The van der Waals surface area contributed by atoms with Crippen LogP contribution in [0, 0.1) is 0 Å². The fourth-order valence-corrected chi connectivity index (χ4v) is 1.74. The van der Waals surface area contributed by atoms with E-state index in [1.807, 2.05) is 12.1 Å². The van der Waals surface area contributed by atoms with Gasteiger partial charge in [0.2, 0.25) is 0 Å². The van der Waals surface area contributed by atoms with Gasteiger partial charge in [-0.1, -0.05) is 36.4 Å². The van der Waals surface area contributed by atoms with Crippen molar-refractivity contribution in [1.29, 1.82) is 0 Å². The molecule has 0 saturated carbocycles. The van der Waals surface area contributed by atoms with Crippen molar-refractivity contribution in [3.63, 3.8) is 0 Å². The van der Waals surface area contributed by atoms with Crippen LogP contribution < -0.4 is 0 Å². The molecule has 0 N–H and O–H groups in total. The molecule has 1 heteroatoms. The first-order valence-electron chi connectivity index (χ1n) is 4.60. The molecular formula is C12H15Cl. The van der Waals surface area contributed by atoms with Crippen LogP contribution in [0.2, 0.25) is 0 Å². The van der Waals surface area contributed by atoms with Crippen molar-refractivity contribution in [1.82, 2.24) is 0 Å². The lowest BCUT2D eigenvalue weighted by molar-refractivity contribution is 0.679. The number of allylic oxidation sites excluding steroid dienone is 1. The Bertz CT molecular complexity index is 241. The van der Waals surface area contributed by atoms with Crippen LogP contribution in [0.5, 0.6) is 0 Å². The van der Waals surface area contributed by atoms with Crippen LogP contribution in [-0.2, 0) is 0 Å². The second-order valence-corrected chi connectivity index (χ2v) is 3.49. The summed E-state index contributed by atoms with van der Waals surface area (Å²) in [6, 6.07) is 10.5. The van der Waals surface area contributed by atoms with Crippen molar-refractivity contribution in [2.75, 3.05) is 5.88 Å². The molecule has 70 valence electrons. The minimum atomic E-state index is 0.538. The van der Waals surface area contributed by atoms with Crippen LogP contribution in [-0.4, -0.2) is 5.88 Å². The molecule has 0 amide bonds. The lowest BCUT2D eigenvalue weighted by Crippen LogP contribution is -1.97. The van der Waals surface area contributed by atoms with Crippen LogP contribution in [0.4, 0.5) is 0 Å². The van der Waals surface area contributed by atoms with Crippen LogP contribution in [0.3, 0.4) is 0 Å². The van der Waals surface area contributed by atoms with E-state index >= 15 is 0 Å². The molecule has 1 unspecified atom stereocenters. The van der Waals surface area contributed by atoms with Gasteiger partial charge in [-0.2, -0.15) is 0 Å². The van der Waals surface area contributed by atoms with Gasteiger partial charge in [-0.25, -0.2) is 0 Å². The van der Waals surface area contributed by atoms with Gasteiger partial charge in [-0.15, -0.1) is 18.2 Å². The fourth-order valence-electron chi connectivity index (χ4n) is 1.48. The molecule has 0 spiro atoms. The summed E-state index contributed by atoms with van der Waals surface area (Å²) in [6.45, 7) is 3.77. The SMILES string of the molecule is C=CCC(CCCl)c1ccccc1. The highest BCUT2D eigenvalue weighted by molar-refractivity contribution is 6.17. The summed E-state index contributed by atoms with van der Waals surface area (Å²) in [6.07, 6.45) is 4.00. The Labute approximate surface area is 85.2 Å². The van der Waals surface area contributed by atoms with Crippen LogP contribution in [0.25, 0.3) is 0 Å². The third-order valence-corrected chi connectivity index (χ3v) is 2.40. The number of hydrogen-bond donors (Lipinski definition) is 0. The molecule has 0 aliphatic heterocycles. The zero-order valence-corrected chi connectivity index (χ0v) is 8.50. The van der Waals surface area contributed by atoms with E-state index in [-0.39, 0.29) is 0 Å². The van der Waals surface area contributed by atoms with Gasteiger partial charge in [0.1, 0.15) is 0 Å². The number of hydrogen-bond acceptors (Lipinski definition) is 0. The van der Waals surface area contributed by atoms with Crippen molar-refractivity contribution in [3.05, 3.63) is 48.6 Å². The summed E-state index contributed by atoms with van der Waals surface area (Å²) >= 11 is 5.75. The molecule has 1 rings (SSSR count). The minimum absolute atomic E-state index is 0.538. The monoisotopic (exact) mass is 194 g/mol. The van der Waals surface area contributed by atoms with Gasteiger partial charge < -0.3 is 0 Å². The number of rotatable bonds is 5. The summed E-state index contributed by atoms with van der Waals surface area (Å²) in [4.78, 5) is 0. The van der Waals surface area contributed by atoms with Gasteiger partial charge in [0, 0.05) is 5.88 Å². The standard InChI is InChI=1S/C12H15Cl/c1-2-6-11(9-10-13)12-7-4-3-5-8-12/h2-5,7-8,11H,1,6,9-10H2. The smallest absolute Gasteiger partial charge is 0.0229 e. The van der Waals surface area contributed by atoms with Crippen LogP contribution in [0.1, 0.15) is 24.3 Å². The summed E-state index contributed by atoms with van der Waals surface area (Å²) in [7, 11) is 0. The molecule has 0 radical (unpaired) electrons. The molecule has 0 bridgehead atoms. The van der Waals surface area contributed by atoms with E-state index in [2.05, 4.69) is 30.8 Å². The van der Waals surface area contributed by atoms with Crippen molar-refractivity contribution in [2.24, 2.45) is 0 Å². The van der Waals surface area contributed by atoms with Gasteiger partial charge in [0.25, 0.3) is 0 Å². The maximum absolute atomic E-state index is 5.75. The molecule has 1 atom stereocenters. The molecule has 13 heavy (non-hydrogen) atoms. The largest absolute Gasteiger partial charge is 0.127 e. The molecule has 0 fully saturated rings. The molecule has 1 aromatic carbocycles. The van der Waals surface area contributed by atoms with Crippen molar-refractivity contribution in [2.45, 2.75) is 18.8 Å². The highest BCUT2D eigenvalue weighted by Crippen LogP contribution is 2.23. The molecule has 0 saturated heterocycles. The molecule has 0 aliphatic carbocycles. The number of benzene rings is 1. The minimum Gasteiger partial charge on any atom is -0.127 e. The third-order valence-electron chi connectivity index (χ3n) is 2.18. The van der Waals surface area contributed by atoms with E-state index < -0.39 is 0 Å². The molecule has 0 aliphatic rings. The van der Waals surface area contributed by atoms with E-state index in [1.165, 1.54) is 5.56 Å². The summed E-state index contributed by atoms with van der Waals surface area (Å²) in [5.41, 5.74) is 1.36. The first kappa shape index (κ1) is 10.3. The summed E-state index contributed by atoms with van der Waals surface area (Å²) in [5, 5.41) is 0. The first-order chi connectivity index (χ1) is 6.38. The maximum atomic E-state index is 5.75. The van der Waals surface area contributed by atoms with Crippen molar-refractivity contribution >= 4 is 11.6 Å². The zero-order valence-electron chi connectivity index (χ0n) is 7.75. The Kier molecular flexibility index (Phi) is 4.63. The summed E-state index contributed by atoms with van der Waals surface area (Å²) < 4.78 is 0. The Morgan fingerprint density at radius 1 is 1.31 bits per heavy atom. The Morgan fingerprint density at radius 2 is 2.00 bits per heavy atom. The Hall–Kier alpha value is -0.750. The second kappa shape index (κ2) is 5.82. The first-order valence-corrected chi connectivity index (χ1v) is 5.13. The predicted octanol–water partition coefficient (Wildman–Crippen LogP) is 3.98. The van der Waals surface area contributed by atoms with Gasteiger partial charge >= 0.3 is 0 Å². The molecule has 0 aromatic heterocycles. The Balaban J connectivity index is 2.69. The van der Waals surface area contributed by atoms with E-state index in [0.717, 1.165) is 12.8 Å². The average Bonchev–Trinajstić information content (AvgIpc) is 2.19. The van der Waals surface area contributed by atoms with E-state index in [1.54, 1.807) is 0 Å². The van der Waals surface area contributed by atoms with E-state index in [0.29, 0.717) is 11.8 Å². The zero-order chi connectivity index (χ0) is 9.52. The third kappa shape index (κ3) is 3.23. The topological polar surface area (TPSA) is 0 Å². The van der Waals surface area contributed by atoms with Crippen molar-refractivity contribution < 1.29 is 0 Å². The Morgan fingerprint density at radius 3 is 2.54 bits per heavy atom. The summed E-state index contributed by atoms with van der Waals surface area (Å²) in [5.74, 6) is 1.25. The van der Waals surface area contributed by atoms with Gasteiger partial charge in [0.05, 0.1) is 0 Å². The quantitative estimate of drug-likeness (QED) is 0.492. The normalized spacial score (nSPS) is 12.4. The van der Waals surface area contributed by atoms with Gasteiger partial charge in [0.15, 0.2) is 0 Å². The fraction of sp³-hybridized carbons (Fsp3) is 0.333. The van der Waals surface area contributed by atoms with Gasteiger partial charge in [-0.05, 0) is 24.3 Å². The molecule has 0 heterocycles. The highest BCUT2D eigenvalue weighted by atomic mass is 35.5. The predicted molar refractivity (Wildman–Crippen MR) is 59.3 cm³/mol. The lowest BCUT2D eigenvalue weighted by Gasteiger charge is -2.13. The lowest BCUT2D eigenvalue weighted by atomic mass is 9.93. The number of alkyl halides is 1. The second-order valence-electron chi connectivity index (χ2n) is 3.11. The molecule has 1 aromatic rings. The maximum Gasteiger partial charge on any atom is 0.0229 e. The van der Waals surface area contributed by atoms with Gasteiger partial charge in [-0.3, -0.25) is 0 Å². The average molecular weight is 195 g/mol. The highest BCUT2D eigenvalue weighted by Gasteiger charge is 2.07. The van der Waals surface area contributed by atoms with Crippen LogP contribution >= 0.6 is 11.6 Å². The van der Waals surface area contributed by atoms with E-state index in [4.69, 9.17) is 11.6 Å². The molecule has 0 nitrogen and oxygen atoms in total.